The first-order valence-corrected chi connectivity index (χ1v) is 6.59. The third-order valence-corrected chi connectivity index (χ3v) is 3.16. The average molecular weight is 281 g/mol. The molecule has 0 bridgehead atoms. The standard InChI is InChI=1S/C13H16FN3OS/c14-11-7-9(3-4-10(11)12(15)19)16-5-6-17-13(18)8-1-2-8/h3-4,7-8,16H,1-2,5-6H2,(H2,15,19)(H,17,18). The Bertz CT molecular complexity index is 503. The van der Waals surface area contributed by atoms with Crippen molar-refractivity contribution in [3.05, 3.63) is 29.6 Å². The minimum Gasteiger partial charge on any atom is -0.389 e. The van der Waals surface area contributed by atoms with Gasteiger partial charge in [0.1, 0.15) is 10.8 Å². The summed E-state index contributed by atoms with van der Waals surface area (Å²) in [7, 11) is 0. The summed E-state index contributed by atoms with van der Waals surface area (Å²) in [6, 6.07) is 4.60. The molecule has 0 aliphatic heterocycles. The fraction of sp³-hybridized carbons (Fsp3) is 0.385. The van der Waals surface area contributed by atoms with Gasteiger partial charge in [-0.1, -0.05) is 12.2 Å². The molecule has 1 aromatic rings. The Labute approximate surface area is 116 Å². The summed E-state index contributed by atoms with van der Waals surface area (Å²) in [4.78, 5) is 11.4. The molecule has 1 aromatic carbocycles. The minimum absolute atomic E-state index is 0.0424. The molecule has 1 aliphatic carbocycles. The zero-order valence-electron chi connectivity index (χ0n) is 10.4. The summed E-state index contributed by atoms with van der Waals surface area (Å²) < 4.78 is 13.6. The highest BCUT2D eigenvalue weighted by molar-refractivity contribution is 7.80. The van der Waals surface area contributed by atoms with Crippen molar-refractivity contribution < 1.29 is 9.18 Å². The van der Waals surface area contributed by atoms with Crippen molar-refractivity contribution in [1.82, 2.24) is 5.32 Å². The largest absolute Gasteiger partial charge is 0.389 e. The SMILES string of the molecule is NC(=S)c1ccc(NCCNC(=O)C2CC2)cc1F. The van der Waals surface area contributed by atoms with E-state index in [1.807, 2.05) is 0 Å². The van der Waals surface area contributed by atoms with E-state index in [4.69, 9.17) is 18.0 Å². The average Bonchev–Trinajstić information content (AvgIpc) is 3.18. The predicted molar refractivity (Wildman–Crippen MR) is 76.5 cm³/mol. The fourth-order valence-corrected chi connectivity index (χ4v) is 1.87. The highest BCUT2D eigenvalue weighted by atomic mass is 32.1. The summed E-state index contributed by atoms with van der Waals surface area (Å²) in [5.74, 6) is -0.126. The van der Waals surface area contributed by atoms with Crippen molar-refractivity contribution in [2.24, 2.45) is 11.7 Å². The summed E-state index contributed by atoms with van der Waals surface area (Å²) in [6.07, 6.45) is 1.98. The van der Waals surface area contributed by atoms with Crippen LogP contribution in [0.4, 0.5) is 10.1 Å². The van der Waals surface area contributed by atoms with E-state index in [0.29, 0.717) is 18.8 Å². The molecule has 102 valence electrons. The first-order chi connectivity index (χ1) is 9.08. The van der Waals surface area contributed by atoms with Crippen molar-refractivity contribution in [2.45, 2.75) is 12.8 Å². The van der Waals surface area contributed by atoms with Crippen molar-refractivity contribution >= 4 is 28.8 Å². The maximum atomic E-state index is 13.6. The number of nitrogens with one attached hydrogen (secondary N) is 2. The number of hydrogen-bond donors (Lipinski definition) is 3. The number of hydrogen-bond acceptors (Lipinski definition) is 3. The molecule has 1 amide bonds. The molecule has 1 fully saturated rings. The zero-order chi connectivity index (χ0) is 13.8. The number of rotatable bonds is 6. The Kier molecular flexibility index (Phi) is 4.31. The van der Waals surface area contributed by atoms with Crippen molar-refractivity contribution in [3.63, 3.8) is 0 Å². The zero-order valence-corrected chi connectivity index (χ0v) is 11.2. The molecule has 1 aliphatic rings. The molecule has 1 saturated carbocycles. The van der Waals surface area contributed by atoms with Crippen LogP contribution in [0.5, 0.6) is 0 Å². The number of anilines is 1. The number of halogens is 1. The molecule has 0 radical (unpaired) electrons. The Morgan fingerprint density at radius 2 is 2.16 bits per heavy atom. The van der Waals surface area contributed by atoms with Gasteiger partial charge in [0.15, 0.2) is 0 Å². The number of amides is 1. The van der Waals surface area contributed by atoms with Gasteiger partial charge in [0, 0.05) is 30.3 Å². The Morgan fingerprint density at radius 3 is 2.74 bits per heavy atom. The summed E-state index contributed by atoms with van der Waals surface area (Å²) >= 11 is 4.73. The number of carbonyl (C=O) groups excluding carboxylic acids is 1. The fourth-order valence-electron chi connectivity index (χ4n) is 1.71. The van der Waals surface area contributed by atoms with Gasteiger partial charge in [0.05, 0.1) is 0 Å². The normalized spacial score (nSPS) is 13.9. The smallest absolute Gasteiger partial charge is 0.223 e. The van der Waals surface area contributed by atoms with E-state index in [1.165, 1.54) is 6.07 Å². The molecule has 19 heavy (non-hydrogen) atoms. The second-order valence-corrected chi connectivity index (χ2v) is 4.99. The number of benzene rings is 1. The number of thiocarbonyl (C=S) groups is 1. The third-order valence-electron chi connectivity index (χ3n) is 2.94. The Balaban J connectivity index is 1.77. The predicted octanol–water partition coefficient (Wildman–Crippen LogP) is 1.40. The second kappa shape index (κ2) is 5.97. The van der Waals surface area contributed by atoms with Gasteiger partial charge >= 0.3 is 0 Å². The van der Waals surface area contributed by atoms with Gasteiger partial charge in [0.25, 0.3) is 0 Å². The van der Waals surface area contributed by atoms with E-state index in [9.17, 15) is 9.18 Å². The molecular weight excluding hydrogens is 265 g/mol. The van der Waals surface area contributed by atoms with Gasteiger partial charge in [-0.3, -0.25) is 4.79 Å². The van der Waals surface area contributed by atoms with Crippen molar-refractivity contribution in [3.8, 4) is 0 Å². The van der Waals surface area contributed by atoms with Crippen LogP contribution in [0.2, 0.25) is 0 Å². The summed E-state index contributed by atoms with van der Waals surface area (Å²) in [6.45, 7) is 1.07. The Hall–Kier alpha value is -1.69. The first kappa shape index (κ1) is 13.7. The van der Waals surface area contributed by atoms with E-state index < -0.39 is 5.82 Å². The maximum Gasteiger partial charge on any atom is 0.223 e. The second-order valence-electron chi connectivity index (χ2n) is 4.55. The van der Waals surface area contributed by atoms with E-state index in [-0.39, 0.29) is 22.4 Å². The molecular formula is C13H16FN3OS. The lowest BCUT2D eigenvalue weighted by molar-refractivity contribution is -0.122. The topological polar surface area (TPSA) is 67.2 Å². The quantitative estimate of drug-likeness (QED) is 0.544. The lowest BCUT2D eigenvalue weighted by Crippen LogP contribution is -2.29. The summed E-state index contributed by atoms with van der Waals surface area (Å²) in [5.41, 5.74) is 6.25. The summed E-state index contributed by atoms with van der Waals surface area (Å²) in [5, 5.41) is 5.85. The first-order valence-electron chi connectivity index (χ1n) is 6.19. The van der Waals surface area contributed by atoms with Crippen LogP contribution in [0.25, 0.3) is 0 Å². The van der Waals surface area contributed by atoms with Gasteiger partial charge in [-0.05, 0) is 31.0 Å². The lowest BCUT2D eigenvalue weighted by Gasteiger charge is -2.09. The van der Waals surface area contributed by atoms with E-state index in [2.05, 4.69) is 10.6 Å². The van der Waals surface area contributed by atoms with E-state index >= 15 is 0 Å². The molecule has 6 heteroatoms. The molecule has 0 spiro atoms. The lowest BCUT2D eigenvalue weighted by atomic mass is 10.2. The van der Waals surface area contributed by atoms with Crippen LogP contribution in [0, 0.1) is 11.7 Å². The molecule has 0 heterocycles. The molecule has 2 rings (SSSR count). The molecule has 0 unspecified atom stereocenters. The van der Waals surface area contributed by atoms with Gasteiger partial charge in [-0.25, -0.2) is 4.39 Å². The highest BCUT2D eigenvalue weighted by Gasteiger charge is 2.28. The van der Waals surface area contributed by atoms with Crippen LogP contribution in [0.1, 0.15) is 18.4 Å². The van der Waals surface area contributed by atoms with Crippen LogP contribution in [0.3, 0.4) is 0 Å². The van der Waals surface area contributed by atoms with E-state index in [1.54, 1.807) is 12.1 Å². The highest BCUT2D eigenvalue weighted by Crippen LogP contribution is 2.28. The number of carbonyl (C=O) groups is 1. The van der Waals surface area contributed by atoms with Gasteiger partial charge in [-0.15, -0.1) is 0 Å². The monoisotopic (exact) mass is 281 g/mol. The van der Waals surface area contributed by atoms with Crippen LogP contribution >= 0.6 is 12.2 Å². The minimum atomic E-state index is -0.445. The molecule has 0 aromatic heterocycles. The van der Waals surface area contributed by atoms with Gasteiger partial charge in [-0.2, -0.15) is 0 Å². The molecule has 4 N–H and O–H groups in total. The van der Waals surface area contributed by atoms with Crippen LogP contribution in [-0.4, -0.2) is 24.0 Å². The number of nitrogens with two attached hydrogens (primary N) is 1. The molecule has 0 saturated heterocycles. The van der Waals surface area contributed by atoms with Crippen LogP contribution < -0.4 is 16.4 Å². The van der Waals surface area contributed by atoms with Gasteiger partial charge in [0.2, 0.25) is 5.91 Å². The Morgan fingerprint density at radius 1 is 1.42 bits per heavy atom. The molecule has 4 nitrogen and oxygen atoms in total. The van der Waals surface area contributed by atoms with Crippen LogP contribution in [-0.2, 0) is 4.79 Å². The van der Waals surface area contributed by atoms with Gasteiger partial charge < -0.3 is 16.4 Å². The molecule has 0 atom stereocenters. The van der Waals surface area contributed by atoms with Crippen molar-refractivity contribution in [2.75, 3.05) is 18.4 Å². The van der Waals surface area contributed by atoms with Crippen molar-refractivity contribution in [1.29, 1.82) is 0 Å². The van der Waals surface area contributed by atoms with E-state index in [0.717, 1.165) is 12.8 Å². The maximum absolute atomic E-state index is 13.6. The third kappa shape index (κ3) is 3.89. The van der Waals surface area contributed by atoms with Crippen LogP contribution in [0.15, 0.2) is 18.2 Å².